The molecule has 3 aromatic carbocycles. The van der Waals surface area contributed by atoms with Gasteiger partial charge in [-0.3, -0.25) is 9.11 Å². The van der Waals surface area contributed by atoms with Gasteiger partial charge in [0.1, 0.15) is 0 Å². The molecule has 0 aliphatic rings. The summed E-state index contributed by atoms with van der Waals surface area (Å²) in [5.74, 6) is 0. The molecule has 0 saturated heterocycles. The van der Waals surface area contributed by atoms with E-state index in [0.717, 1.165) is 15.9 Å². The maximum absolute atomic E-state index is 11.3. The van der Waals surface area contributed by atoms with E-state index < -0.39 is 28.2 Å². The Bertz CT molecular complexity index is 1070. The van der Waals surface area contributed by atoms with Crippen molar-refractivity contribution in [3.63, 3.8) is 0 Å². The van der Waals surface area contributed by atoms with E-state index in [1.807, 2.05) is 30.3 Å². The van der Waals surface area contributed by atoms with Crippen LogP contribution in [0.3, 0.4) is 0 Å². The Hall–Kier alpha value is -0.454. The van der Waals surface area contributed by atoms with Gasteiger partial charge < -0.3 is 0 Å². The Morgan fingerprint density at radius 1 is 0.536 bits per heavy atom. The summed E-state index contributed by atoms with van der Waals surface area (Å²) in [4.78, 5) is -0.396. The van der Waals surface area contributed by atoms with Crippen molar-refractivity contribution in [3.05, 3.63) is 78.9 Å². The average Bonchev–Trinajstić information content (AvgIpc) is 2.62. The van der Waals surface area contributed by atoms with Crippen LogP contribution in [0.25, 0.3) is 0 Å². The summed E-state index contributed by atoms with van der Waals surface area (Å²) in [6, 6.07) is 21.3. The molecule has 0 amide bonds. The Labute approximate surface area is 207 Å². The van der Waals surface area contributed by atoms with Gasteiger partial charge in [0.25, 0.3) is 20.2 Å². The second-order valence-corrected chi connectivity index (χ2v) is 10.7. The number of rotatable bonds is 5. The van der Waals surface area contributed by atoms with E-state index in [9.17, 15) is 16.8 Å². The van der Waals surface area contributed by atoms with Crippen molar-refractivity contribution in [2.24, 2.45) is 0 Å². The summed E-state index contributed by atoms with van der Waals surface area (Å²) in [7, 11) is -9.66. The zero-order valence-corrected chi connectivity index (χ0v) is 16.3. The van der Waals surface area contributed by atoms with Crippen molar-refractivity contribution >= 4 is 95.5 Å². The summed E-state index contributed by atoms with van der Waals surface area (Å²) >= 11 is 0. The molecular formula is C18H16KO6PS2. The van der Waals surface area contributed by atoms with Crippen LogP contribution in [0.4, 0.5) is 0 Å². The molecule has 0 bridgehead atoms. The predicted molar refractivity (Wildman–Crippen MR) is 112 cm³/mol. The third-order valence-corrected chi connectivity index (χ3v) is 7.98. The normalized spacial score (nSPS) is 11.8. The van der Waals surface area contributed by atoms with Gasteiger partial charge in [-0.25, -0.2) is 0 Å². The van der Waals surface area contributed by atoms with E-state index in [-0.39, 0.29) is 61.2 Å². The molecule has 0 unspecified atom stereocenters. The molecule has 3 rings (SSSR count). The molecule has 0 heterocycles. The van der Waals surface area contributed by atoms with Crippen molar-refractivity contribution < 1.29 is 25.9 Å². The Morgan fingerprint density at radius 3 is 1.18 bits per heavy atom. The quantitative estimate of drug-likeness (QED) is 0.336. The Balaban J connectivity index is 0.00000280. The predicted octanol–water partition coefficient (Wildman–Crippen LogP) is 1.29. The molecule has 0 aromatic heterocycles. The Morgan fingerprint density at radius 2 is 0.857 bits per heavy atom. The molecular weight excluding hydrogens is 446 g/mol. The van der Waals surface area contributed by atoms with Crippen LogP contribution in [0, 0.1) is 0 Å². The molecule has 10 heteroatoms. The van der Waals surface area contributed by atoms with Crippen LogP contribution in [0.5, 0.6) is 0 Å². The number of hydrogen-bond acceptors (Lipinski definition) is 4. The first-order chi connectivity index (χ1) is 12.7. The third-order valence-electron chi connectivity index (χ3n) is 3.80. The van der Waals surface area contributed by atoms with Crippen LogP contribution >= 0.6 is 7.92 Å². The molecule has 142 valence electrons. The first kappa shape index (κ1) is 23.8. The molecule has 0 radical (unpaired) electrons. The number of hydrogen-bond donors (Lipinski definition) is 2. The summed E-state index contributed by atoms with van der Waals surface area (Å²) in [6.07, 6.45) is 0. The topological polar surface area (TPSA) is 109 Å². The average molecular weight is 463 g/mol. The second-order valence-electron chi connectivity index (χ2n) is 5.61. The van der Waals surface area contributed by atoms with E-state index in [4.69, 9.17) is 9.11 Å². The summed E-state index contributed by atoms with van der Waals surface area (Å²) in [5, 5.41) is 2.62. The summed E-state index contributed by atoms with van der Waals surface area (Å²) in [5.41, 5.74) is 0. The first-order valence-electron chi connectivity index (χ1n) is 7.66. The summed E-state index contributed by atoms with van der Waals surface area (Å²) < 4.78 is 63.4. The third kappa shape index (κ3) is 5.79. The van der Waals surface area contributed by atoms with Crippen LogP contribution in [-0.2, 0) is 20.2 Å². The zero-order chi connectivity index (χ0) is 19.7. The van der Waals surface area contributed by atoms with Crippen LogP contribution < -0.4 is 15.9 Å². The van der Waals surface area contributed by atoms with Gasteiger partial charge in [-0.2, -0.15) is 16.8 Å². The SMILES string of the molecule is O=S(=O)(O)c1ccc(P(c2ccccc2)c2ccc(S(=O)(=O)O)cc2)cc1.[KH]. The van der Waals surface area contributed by atoms with Gasteiger partial charge in [0.05, 0.1) is 9.79 Å². The van der Waals surface area contributed by atoms with E-state index in [1.165, 1.54) is 24.3 Å². The molecule has 0 saturated carbocycles. The van der Waals surface area contributed by atoms with E-state index >= 15 is 0 Å². The van der Waals surface area contributed by atoms with Gasteiger partial charge in [-0.05, 0) is 48.1 Å². The minimum absolute atomic E-state index is 0. The molecule has 0 aliphatic heterocycles. The van der Waals surface area contributed by atoms with Crippen molar-refractivity contribution in [1.29, 1.82) is 0 Å². The van der Waals surface area contributed by atoms with E-state index in [1.54, 1.807) is 24.3 Å². The summed E-state index contributed by atoms with van der Waals surface area (Å²) in [6.45, 7) is 0. The van der Waals surface area contributed by atoms with Crippen LogP contribution in [-0.4, -0.2) is 77.3 Å². The second kappa shape index (κ2) is 9.57. The Kier molecular flexibility index (Phi) is 8.14. The van der Waals surface area contributed by atoms with Crippen LogP contribution in [0.1, 0.15) is 0 Å². The van der Waals surface area contributed by atoms with Crippen molar-refractivity contribution in [3.8, 4) is 0 Å². The van der Waals surface area contributed by atoms with Crippen molar-refractivity contribution in [1.82, 2.24) is 0 Å². The molecule has 2 N–H and O–H groups in total. The number of benzene rings is 3. The monoisotopic (exact) mass is 462 g/mol. The van der Waals surface area contributed by atoms with Gasteiger partial charge in [-0.15, -0.1) is 0 Å². The zero-order valence-electron chi connectivity index (χ0n) is 13.8. The molecule has 0 fully saturated rings. The molecule has 0 aliphatic carbocycles. The van der Waals surface area contributed by atoms with E-state index in [2.05, 4.69) is 0 Å². The maximum atomic E-state index is 11.3. The van der Waals surface area contributed by atoms with Crippen molar-refractivity contribution in [2.45, 2.75) is 9.79 Å². The fourth-order valence-electron chi connectivity index (χ4n) is 2.56. The van der Waals surface area contributed by atoms with E-state index in [0.29, 0.717) is 0 Å². The molecule has 6 nitrogen and oxygen atoms in total. The fraction of sp³-hybridized carbons (Fsp3) is 0. The first-order valence-corrected chi connectivity index (χ1v) is 11.9. The van der Waals surface area contributed by atoms with Crippen LogP contribution in [0.2, 0.25) is 0 Å². The molecule has 0 atom stereocenters. The standard InChI is InChI=1S/C18H15O6PS2.K.H/c19-26(20,21)17-10-6-15(7-11-17)25(14-4-2-1-3-5-14)16-8-12-18(13-9-16)27(22,23)24;;/h1-13H,(H,19,20,21)(H,22,23,24);;. The molecule has 0 spiro atoms. The molecule has 3 aromatic rings. The fourth-order valence-corrected chi connectivity index (χ4v) is 5.78. The van der Waals surface area contributed by atoms with Crippen LogP contribution in [0.15, 0.2) is 88.7 Å². The van der Waals surface area contributed by atoms with Gasteiger partial charge >= 0.3 is 51.4 Å². The van der Waals surface area contributed by atoms with Gasteiger partial charge in [-0.1, -0.05) is 54.6 Å². The minimum atomic E-state index is -4.28. The van der Waals surface area contributed by atoms with Gasteiger partial charge in [0, 0.05) is 0 Å². The van der Waals surface area contributed by atoms with Crippen molar-refractivity contribution in [2.75, 3.05) is 0 Å². The molecule has 28 heavy (non-hydrogen) atoms. The van der Waals surface area contributed by atoms with Gasteiger partial charge in [0.2, 0.25) is 0 Å². The van der Waals surface area contributed by atoms with Gasteiger partial charge in [0.15, 0.2) is 0 Å².